The molecule has 1 amide bonds. The number of nitrogens with zero attached hydrogens (tertiary/aromatic N) is 2. The minimum atomic E-state index is -4.75. The van der Waals surface area contributed by atoms with Crippen molar-refractivity contribution in [1.82, 2.24) is 15.3 Å². The van der Waals surface area contributed by atoms with Crippen LogP contribution < -0.4 is 30.2 Å². The Morgan fingerprint density at radius 1 is 1.11 bits per heavy atom. The van der Waals surface area contributed by atoms with Gasteiger partial charge in [0.2, 0.25) is 5.95 Å². The number of hydrogen-bond donors (Lipinski definition) is 3. The van der Waals surface area contributed by atoms with Gasteiger partial charge in [0.1, 0.15) is 23.7 Å². The van der Waals surface area contributed by atoms with Gasteiger partial charge < -0.3 is 30.2 Å². The van der Waals surface area contributed by atoms with Crippen molar-refractivity contribution in [3.8, 4) is 17.2 Å². The maximum atomic E-state index is 13.8. The molecule has 0 spiro atoms. The van der Waals surface area contributed by atoms with Gasteiger partial charge in [0.15, 0.2) is 11.5 Å². The van der Waals surface area contributed by atoms with Crippen molar-refractivity contribution in [3.05, 3.63) is 65.9 Å². The summed E-state index contributed by atoms with van der Waals surface area (Å²) in [4.78, 5) is 20.5. The lowest BCUT2D eigenvalue weighted by atomic mass is 10.1. The van der Waals surface area contributed by atoms with E-state index in [2.05, 4.69) is 25.9 Å². The Kier molecular flexibility index (Phi) is 8.19. The Morgan fingerprint density at radius 3 is 2.71 bits per heavy atom. The number of carbonyl (C=O) groups excluding carboxylic acids is 1. The minimum absolute atomic E-state index is 0.0921. The zero-order chi connectivity index (χ0) is 27.1. The quantitative estimate of drug-likeness (QED) is 0.376. The first-order valence-electron chi connectivity index (χ1n) is 11.7. The van der Waals surface area contributed by atoms with Gasteiger partial charge in [0.05, 0.1) is 25.0 Å². The molecular weight excluding hydrogens is 503 g/mol. The molecule has 1 aromatic heterocycles. The molecule has 0 radical (unpaired) electrons. The van der Waals surface area contributed by atoms with E-state index < -0.39 is 23.5 Å². The molecule has 0 unspecified atom stereocenters. The highest BCUT2D eigenvalue weighted by Crippen LogP contribution is 2.37. The summed E-state index contributed by atoms with van der Waals surface area (Å²) in [7, 11) is 2.91. The second-order valence-corrected chi connectivity index (χ2v) is 8.13. The highest BCUT2D eigenvalue weighted by Gasteiger charge is 2.35. The second-order valence-electron chi connectivity index (χ2n) is 8.13. The summed E-state index contributed by atoms with van der Waals surface area (Å²) in [5.41, 5.74) is -0.425. The first kappa shape index (κ1) is 26.6. The molecule has 0 saturated carbocycles. The van der Waals surface area contributed by atoms with Crippen LogP contribution >= 0.6 is 0 Å². The minimum Gasteiger partial charge on any atom is -0.494 e. The Balaban J connectivity index is 1.78. The third-order valence-corrected chi connectivity index (χ3v) is 5.52. The number of amides is 1. The first-order valence-corrected chi connectivity index (χ1v) is 11.7. The maximum Gasteiger partial charge on any atom is 0.421 e. The number of rotatable bonds is 2. The second kappa shape index (κ2) is 11.7. The van der Waals surface area contributed by atoms with Crippen LogP contribution in [0.5, 0.6) is 17.2 Å². The van der Waals surface area contributed by atoms with Gasteiger partial charge in [-0.2, -0.15) is 18.2 Å². The van der Waals surface area contributed by atoms with Crippen molar-refractivity contribution < 1.29 is 32.2 Å². The maximum absolute atomic E-state index is 13.8. The molecule has 3 aromatic rings. The SMILES string of the molecule is CNC(=O)c1cc2ccc1Nc1nc(ncc1C(F)(F)F)Nc1ccc(c(OC)c1)OC/C=C/CCCO2. The Morgan fingerprint density at radius 2 is 1.95 bits per heavy atom. The number of nitrogens with one attached hydrogen (secondary N) is 3. The van der Waals surface area contributed by atoms with E-state index in [1.807, 2.05) is 12.2 Å². The van der Waals surface area contributed by atoms with Crippen LogP contribution in [0, 0.1) is 0 Å². The summed E-state index contributed by atoms with van der Waals surface area (Å²) in [5.74, 6) is 0.178. The molecule has 0 fully saturated rings. The van der Waals surface area contributed by atoms with Crippen LogP contribution in [0.4, 0.5) is 36.3 Å². The molecule has 4 aliphatic rings. The van der Waals surface area contributed by atoms with Crippen LogP contribution in [0.3, 0.4) is 0 Å². The van der Waals surface area contributed by atoms with Crippen molar-refractivity contribution in [2.75, 3.05) is 38.0 Å². The van der Waals surface area contributed by atoms with Gasteiger partial charge in [-0.25, -0.2) is 4.98 Å². The lowest BCUT2D eigenvalue weighted by molar-refractivity contribution is -0.137. The third kappa shape index (κ3) is 6.44. The topological polar surface area (TPSA) is 107 Å². The predicted molar refractivity (Wildman–Crippen MR) is 136 cm³/mol. The number of carbonyl (C=O) groups is 1. The molecule has 2 aromatic carbocycles. The molecule has 0 aliphatic carbocycles. The number of allylic oxidation sites excluding steroid dienone is 1. The standard InChI is InChI=1S/C26H26F3N5O4/c1-30-24(35)18-14-17-8-9-20(18)33-23-19(26(27,28)29)15-31-25(34-23)32-16-7-10-21(22(13-16)36-2)38-12-6-4-3-5-11-37-17/h4,6-10,13-15H,3,5,11-12H2,1-2H3,(H,30,35)(H2,31,32,33,34)/b6-4+. The van der Waals surface area contributed by atoms with E-state index in [4.69, 9.17) is 14.2 Å². The summed E-state index contributed by atoms with van der Waals surface area (Å²) in [6.45, 7) is 0.692. The van der Waals surface area contributed by atoms with Gasteiger partial charge in [-0.15, -0.1) is 0 Å². The molecule has 7 rings (SSSR count). The van der Waals surface area contributed by atoms with Crippen LogP contribution in [0.2, 0.25) is 0 Å². The summed E-state index contributed by atoms with van der Waals surface area (Å²) >= 11 is 0. The largest absolute Gasteiger partial charge is 0.494 e. The van der Waals surface area contributed by atoms with E-state index in [1.54, 1.807) is 24.3 Å². The van der Waals surface area contributed by atoms with Crippen LogP contribution in [-0.2, 0) is 6.18 Å². The Labute approximate surface area is 217 Å². The highest BCUT2D eigenvalue weighted by molar-refractivity contribution is 6.00. The van der Waals surface area contributed by atoms with Crippen molar-refractivity contribution >= 4 is 29.0 Å². The number of aromatic nitrogens is 2. The number of halogens is 3. The van der Waals surface area contributed by atoms with Gasteiger partial charge in [0, 0.05) is 25.0 Å². The molecule has 5 heterocycles. The lowest BCUT2D eigenvalue weighted by Gasteiger charge is -2.17. The van der Waals surface area contributed by atoms with E-state index in [1.165, 1.54) is 26.3 Å². The van der Waals surface area contributed by atoms with Crippen LogP contribution in [0.25, 0.3) is 0 Å². The lowest BCUT2D eigenvalue weighted by Crippen LogP contribution is -2.20. The highest BCUT2D eigenvalue weighted by atomic mass is 19.4. The fourth-order valence-corrected chi connectivity index (χ4v) is 3.63. The number of hydrogen-bond acceptors (Lipinski definition) is 8. The summed E-state index contributed by atoms with van der Waals surface area (Å²) in [5, 5.41) is 8.04. The molecule has 9 nitrogen and oxygen atoms in total. The molecule has 0 saturated heterocycles. The zero-order valence-corrected chi connectivity index (χ0v) is 20.7. The fourth-order valence-electron chi connectivity index (χ4n) is 3.63. The molecule has 12 heteroatoms. The predicted octanol–water partition coefficient (Wildman–Crippen LogP) is 5.46. The van der Waals surface area contributed by atoms with E-state index >= 15 is 0 Å². The molecule has 3 N–H and O–H groups in total. The summed E-state index contributed by atoms with van der Waals surface area (Å²) in [6, 6.07) is 9.47. The van der Waals surface area contributed by atoms with Crippen molar-refractivity contribution in [2.45, 2.75) is 19.0 Å². The summed E-state index contributed by atoms with van der Waals surface area (Å²) < 4.78 is 58.4. The number of benzene rings is 2. The van der Waals surface area contributed by atoms with Gasteiger partial charge in [-0.3, -0.25) is 4.79 Å². The van der Waals surface area contributed by atoms with E-state index in [0.717, 1.165) is 6.42 Å². The Bertz CT molecular complexity index is 1330. The van der Waals surface area contributed by atoms with Gasteiger partial charge in [-0.05, 0) is 43.2 Å². The van der Waals surface area contributed by atoms with E-state index in [9.17, 15) is 18.0 Å². The number of ether oxygens (including phenoxy) is 3. The van der Waals surface area contributed by atoms with Crippen molar-refractivity contribution in [3.63, 3.8) is 0 Å². The molecule has 0 atom stereocenters. The normalized spacial score (nSPS) is 14.7. The Hall–Kier alpha value is -4.48. The van der Waals surface area contributed by atoms with Crippen molar-refractivity contribution in [2.24, 2.45) is 0 Å². The zero-order valence-electron chi connectivity index (χ0n) is 20.7. The number of methoxy groups -OCH3 is 1. The average molecular weight is 530 g/mol. The smallest absolute Gasteiger partial charge is 0.421 e. The first-order chi connectivity index (χ1) is 18.3. The van der Waals surface area contributed by atoms with E-state index in [0.29, 0.717) is 48.8 Å². The summed E-state index contributed by atoms with van der Waals surface area (Å²) in [6.07, 6.45) is 1.22. The molecule has 38 heavy (non-hydrogen) atoms. The van der Waals surface area contributed by atoms with Crippen LogP contribution in [-0.4, -0.2) is 43.2 Å². The number of anilines is 4. The van der Waals surface area contributed by atoms with Crippen LogP contribution in [0.15, 0.2) is 54.7 Å². The monoisotopic (exact) mass is 529 g/mol. The van der Waals surface area contributed by atoms with Gasteiger partial charge >= 0.3 is 6.18 Å². The third-order valence-electron chi connectivity index (χ3n) is 5.52. The molecule has 4 aliphatic heterocycles. The fraction of sp³-hybridized carbons (Fsp3) is 0.269. The van der Waals surface area contributed by atoms with E-state index in [-0.39, 0.29) is 17.2 Å². The van der Waals surface area contributed by atoms with Gasteiger partial charge in [-0.1, -0.05) is 12.2 Å². The average Bonchev–Trinajstić information content (AvgIpc) is 2.90. The van der Waals surface area contributed by atoms with Crippen molar-refractivity contribution in [1.29, 1.82) is 0 Å². The number of alkyl halides is 3. The molecule has 6 bridgehead atoms. The van der Waals surface area contributed by atoms with Gasteiger partial charge in [0.25, 0.3) is 5.91 Å². The molecule has 200 valence electrons. The van der Waals surface area contributed by atoms with Crippen LogP contribution in [0.1, 0.15) is 28.8 Å². The molecular formula is C26H26F3N5O4.